The second kappa shape index (κ2) is 3.73. The molecule has 80 valence electrons. The minimum Gasteiger partial charge on any atom is -0.330 e. The lowest BCUT2D eigenvalue weighted by atomic mass is 10.2. The van der Waals surface area contributed by atoms with Crippen molar-refractivity contribution in [2.45, 2.75) is 11.3 Å². The van der Waals surface area contributed by atoms with E-state index in [0.29, 0.717) is 22.8 Å². The van der Waals surface area contributed by atoms with E-state index in [2.05, 4.69) is 15.9 Å². The third kappa shape index (κ3) is 1.75. The van der Waals surface area contributed by atoms with Gasteiger partial charge in [-0.2, -0.15) is 0 Å². The van der Waals surface area contributed by atoms with Crippen LogP contribution < -0.4 is 5.73 Å². The van der Waals surface area contributed by atoms with Crippen molar-refractivity contribution in [1.82, 2.24) is 0 Å². The standard InChI is InChI=1S/C10H10BrNO2S/c11-8-1-2-10-7(5-8)6-9(3-4-12)15(10,13)14/h1-2,5-6H,3-4,12H2. The molecule has 2 N–H and O–H groups in total. The van der Waals surface area contributed by atoms with Crippen LogP contribution in [0.15, 0.2) is 32.5 Å². The molecule has 15 heavy (non-hydrogen) atoms. The van der Waals surface area contributed by atoms with Crippen LogP contribution >= 0.6 is 15.9 Å². The van der Waals surface area contributed by atoms with Crippen LogP contribution in [0.1, 0.15) is 12.0 Å². The van der Waals surface area contributed by atoms with Crippen LogP contribution in [-0.4, -0.2) is 15.0 Å². The molecule has 0 atom stereocenters. The van der Waals surface area contributed by atoms with Crippen molar-refractivity contribution < 1.29 is 8.42 Å². The highest BCUT2D eigenvalue weighted by molar-refractivity contribution is 9.10. The van der Waals surface area contributed by atoms with Crippen LogP contribution in [0.25, 0.3) is 6.08 Å². The molecule has 0 saturated carbocycles. The molecule has 1 heterocycles. The summed E-state index contributed by atoms with van der Waals surface area (Å²) < 4.78 is 24.8. The normalized spacial score (nSPS) is 17.3. The van der Waals surface area contributed by atoms with E-state index >= 15 is 0 Å². The second-order valence-corrected chi connectivity index (χ2v) is 6.22. The van der Waals surface area contributed by atoms with Crippen molar-refractivity contribution in [2.24, 2.45) is 5.73 Å². The van der Waals surface area contributed by atoms with Gasteiger partial charge in [0, 0.05) is 4.47 Å². The van der Waals surface area contributed by atoms with Crippen molar-refractivity contribution in [3.63, 3.8) is 0 Å². The van der Waals surface area contributed by atoms with Gasteiger partial charge in [0.2, 0.25) is 9.84 Å². The SMILES string of the molecule is NCCC1=Cc2cc(Br)ccc2S1(=O)=O. The molecule has 1 aliphatic heterocycles. The highest BCUT2D eigenvalue weighted by atomic mass is 79.9. The summed E-state index contributed by atoms with van der Waals surface area (Å²) in [6, 6.07) is 5.15. The fraction of sp³-hybridized carbons (Fsp3) is 0.200. The van der Waals surface area contributed by atoms with Gasteiger partial charge < -0.3 is 5.73 Å². The Morgan fingerprint density at radius 3 is 2.73 bits per heavy atom. The Bertz CT molecular complexity index is 534. The van der Waals surface area contributed by atoms with Gasteiger partial charge in [0.25, 0.3) is 0 Å². The van der Waals surface area contributed by atoms with Gasteiger partial charge in [0.1, 0.15) is 0 Å². The van der Waals surface area contributed by atoms with Gasteiger partial charge in [-0.15, -0.1) is 0 Å². The molecule has 3 nitrogen and oxygen atoms in total. The predicted octanol–water partition coefficient (Wildman–Crippen LogP) is 1.93. The summed E-state index contributed by atoms with van der Waals surface area (Å²) in [6.45, 7) is 0.347. The fourth-order valence-corrected chi connectivity index (χ4v) is 3.62. The van der Waals surface area contributed by atoms with E-state index in [1.165, 1.54) is 0 Å². The van der Waals surface area contributed by atoms with Crippen LogP contribution in [0.3, 0.4) is 0 Å². The number of halogens is 1. The van der Waals surface area contributed by atoms with Crippen LogP contribution in [0.4, 0.5) is 0 Å². The summed E-state index contributed by atoms with van der Waals surface area (Å²) in [5.74, 6) is 0. The summed E-state index contributed by atoms with van der Waals surface area (Å²) in [6.07, 6.45) is 2.09. The average molecular weight is 288 g/mol. The largest absolute Gasteiger partial charge is 0.330 e. The molecule has 0 saturated heterocycles. The highest BCUT2D eigenvalue weighted by Crippen LogP contribution is 2.35. The number of benzene rings is 1. The first-order valence-electron chi connectivity index (χ1n) is 4.51. The van der Waals surface area contributed by atoms with Gasteiger partial charge in [-0.3, -0.25) is 0 Å². The zero-order valence-electron chi connectivity index (χ0n) is 7.90. The monoisotopic (exact) mass is 287 g/mol. The maximum atomic E-state index is 11.9. The molecule has 0 spiro atoms. The molecule has 5 heteroatoms. The van der Waals surface area contributed by atoms with Gasteiger partial charge in [-0.25, -0.2) is 8.42 Å². The molecule has 1 aromatic rings. The minimum atomic E-state index is -3.27. The molecule has 0 bridgehead atoms. The van der Waals surface area contributed by atoms with Gasteiger partial charge in [-0.1, -0.05) is 15.9 Å². The van der Waals surface area contributed by atoms with Crippen molar-refractivity contribution in [1.29, 1.82) is 0 Å². The lowest BCUT2D eigenvalue weighted by Gasteiger charge is -2.01. The lowest BCUT2D eigenvalue weighted by molar-refractivity contribution is 0.601. The van der Waals surface area contributed by atoms with Crippen molar-refractivity contribution >= 4 is 31.8 Å². The zero-order valence-corrected chi connectivity index (χ0v) is 10.3. The first-order chi connectivity index (χ1) is 7.05. The fourth-order valence-electron chi connectivity index (χ4n) is 1.62. The van der Waals surface area contributed by atoms with Crippen LogP contribution in [0, 0.1) is 0 Å². The molecule has 0 aliphatic carbocycles. The second-order valence-electron chi connectivity index (χ2n) is 3.33. The number of rotatable bonds is 2. The molecule has 0 aromatic heterocycles. The molecule has 0 amide bonds. The first-order valence-corrected chi connectivity index (χ1v) is 6.78. The van der Waals surface area contributed by atoms with E-state index in [0.717, 1.165) is 10.0 Å². The number of sulfone groups is 1. The molecular weight excluding hydrogens is 278 g/mol. The molecule has 1 aromatic carbocycles. The Hall–Kier alpha value is -0.650. The van der Waals surface area contributed by atoms with E-state index in [9.17, 15) is 8.42 Å². The molecule has 0 unspecified atom stereocenters. The molecular formula is C10H10BrNO2S. The number of fused-ring (bicyclic) bond motifs is 1. The summed E-state index contributed by atoms with van der Waals surface area (Å²) in [7, 11) is -3.27. The quantitative estimate of drug-likeness (QED) is 0.904. The topological polar surface area (TPSA) is 60.2 Å². The van der Waals surface area contributed by atoms with Crippen LogP contribution in [-0.2, 0) is 9.84 Å². The minimum absolute atomic E-state index is 0.347. The predicted molar refractivity (Wildman–Crippen MR) is 63.0 cm³/mol. The summed E-state index contributed by atoms with van der Waals surface area (Å²) in [5.41, 5.74) is 6.12. The third-order valence-electron chi connectivity index (χ3n) is 2.31. The van der Waals surface area contributed by atoms with Crippen LogP contribution in [0.2, 0.25) is 0 Å². The highest BCUT2D eigenvalue weighted by Gasteiger charge is 2.28. The van der Waals surface area contributed by atoms with Gasteiger partial charge in [0.15, 0.2) is 0 Å². The first kappa shape index (κ1) is 10.9. The van der Waals surface area contributed by atoms with Crippen molar-refractivity contribution in [3.8, 4) is 0 Å². The molecule has 2 rings (SSSR count). The van der Waals surface area contributed by atoms with Crippen LogP contribution in [0.5, 0.6) is 0 Å². The number of nitrogens with two attached hydrogens (primary N) is 1. The lowest BCUT2D eigenvalue weighted by Crippen LogP contribution is -2.06. The smallest absolute Gasteiger partial charge is 0.203 e. The summed E-state index contributed by atoms with van der Waals surface area (Å²) in [4.78, 5) is 0.798. The number of hydrogen-bond donors (Lipinski definition) is 1. The van der Waals surface area contributed by atoms with E-state index in [4.69, 9.17) is 5.73 Å². The van der Waals surface area contributed by atoms with E-state index in [1.807, 2.05) is 0 Å². The average Bonchev–Trinajstić information content (AvgIpc) is 2.39. The molecule has 0 radical (unpaired) electrons. The maximum Gasteiger partial charge on any atom is 0.203 e. The summed E-state index contributed by atoms with van der Waals surface area (Å²) in [5, 5.41) is 0. The molecule has 1 aliphatic rings. The van der Waals surface area contributed by atoms with Crippen molar-refractivity contribution in [3.05, 3.63) is 33.1 Å². The Morgan fingerprint density at radius 2 is 2.07 bits per heavy atom. The van der Waals surface area contributed by atoms with E-state index in [1.54, 1.807) is 24.3 Å². The van der Waals surface area contributed by atoms with Gasteiger partial charge in [-0.05, 0) is 42.8 Å². The Morgan fingerprint density at radius 1 is 1.33 bits per heavy atom. The number of hydrogen-bond acceptors (Lipinski definition) is 3. The van der Waals surface area contributed by atoms with Crippen molar-refractivity contribution in [2.75, 3.05) is 6.54 Å². The maximum absolute atomic E-state index is 11.9. The Kier molecular flexibility index (Phi) is 2.70. The Labute approximate surface area is 97.0 Å². The molecule has 0 fully saturated rings. The van der Waals surface area contributed by atoms with E-state index in [-0.39, 0.29) is 0 Å². The Balaban J connectivity index is 2.58. The summed E-state index contributed by atoms with van der Waals surface area (Å²) >= 11 is 3.31. The van der Waals surface area contributed by atoms with E-state index < -0.39 is 9.84 Å². The third-order valence-corrected chi connectivity index (χ3v) is 4.77. The van der Waals surface area contributed by atoms with Gasteiger partial charge in [0.05, 0.1) is 9.80 Å². The van der Waals surface area contributed by atoms with Gasteiger partial charge >= 0.3 is 0 Å². The zero-order chi connectivity index (χ0) is 11.1.